The molecule has 4 rings (SSSR count). The van der Waals surface area contributed by atoms with Crippen molar-refractivity contribution in [3.63, 3.8) is 0 Å². The van der Waals surface area contributed by atoms with Crippen LogP contribution in [0.2, 0.25) is 0 Å². The highest BCUT2D eigenvalue weighted by molar-refractivity contribution is 5.87. The van der Waals surface area contributed by atoms with Gasteiger partial charge in [0, 0.05) is 62.8 Å². The molecule has 31 heavy (non-hydrogen) atoms. The number of cyclic esters (lactones) is 1. The van der Waals surface area contributed by atoms with E-state index in [-0.39, 0.29) is 24.2 Å². The van der Waals surface area contributed by atoms with Gasteiger partial charge in [-0.25, -0.2) is 9.97 Å². The molecule has 0 bridgehead atoms. The molecular formula is C23H29N5O3. The van der Waals surface area contributed by atoms with E-state index in [2.05, 4.69) is 9.97 Å². The van der Waals surface area contributed by atoms with Crippen LogP contribution in [-0.2, 0) is 14.3 Å². The topological polar surface area (TPSA) is 88.5 Å². The molecule has 4 heterocycles. The SMILES string of the molecule is CN(C)c1cc(C2CCN(C(=O)[C@@H]3CC(=O)OC3(C)C)CC2)nc(-c2cccnc2)n1. The number of amides is 1. The van der Waals surface area contributed by atoms with Crippen LogP contribution in [0, 0.1) is 5.92 Å². The molecule has 2 saturated heterocycles. The minimum atomic E-state index is -0.739. The number of hydrogen-bond acceptors (Lipinski definition) is 7. The monoisotopic (exact) mass is 423 g/mol. The molecule has 0 spiro atoms. The van der Waals surface area contributed by atoms with Gasteiger partial charge in [0.25, 0.3) is 0 Å². The van der Waals surface area contributed by atoms with E-state index in [0.29, 0.717) is 18.9 Å². The Labute approximate surface area is 182 Å². The third-order valence-corrected chi connectivity index (χ3v) is 6.22. The summed E-state index contributed by atoms with van der Waals surface area (Å²) in [6.07, 6.45) is 5.32. The molecule has 1 atom stereocenters. The minimum Gasteiger partial charge on any atom is -0.459 e. The number of pyridine rings is 1. The van der Waals surface area contributed by atoms with Gasteiger partial charge in [-0.1, -0.05) is 0 Å². The Bertz CT molecular complexity index is 968. The van der Waals surface area contributed by atoms with Gasteiger partial charge in [0.05, 0.1) is 12.3 Å². The van der Waals surface area contributed by atoms with E-state index < -0.39 is 11.5 Å². The molecule has 8 nitrogen and oxygen atoms in total. The highest BCUT2D eigenvalue weighted by atomic mass is 16.6. The first kappa shape index (κ1) is 21.2. The zero-order valence-corrected chi connectivity index (χ0v) is 18.5. The number of likely N-dealkylation sites (tertiary alicyclic amines) is 1. The number of hydrogen-bond donors (Lipinski definition) is 0. The molecule has 0 aliphatic carbocycles. The van der Waals surface area contributed by atoms with Crippen molar-refractivity contribution in [1.82, 2.24) is 19.9 Å². The van der Waals surface area contributed by atoms with E-state index >= 15 is 0 Å². The molecule has 0 unspecified atom stereocenters. The lowest BCUT2D eigenvalue weighted by atomic mass is 9.87. The number of rotatable bonds is 4. The van der Waals surface area contributed by atoms with Gasteiger partial charge < -0.3 is 14.5 Å². The minimum absolute atomic E-state index is 0.0158. The van der Waals surface area contributed by atoms with Gasteiger partial charge >= 0.3 is 5.97 Å². The number of nitrogens with zero attached hydrogens (tertiary/aromatic N) is 5. The van der Waals surface area contributed by atoms with E-state index in [0.717, 1.165) is 29.9 Å². The summed E-state index contributed by atoms with van der Waals surface area (Å²) in [5.74, 6) is 1.08. The first-order valence-corrected chi connectivity index (χ1v) is 10.7. The molecule has 0 radical (unpaired) electrons. The molecule has 2 fully saturated rings. The van der Waals surface area contributed by atoms with Gasteiger partial charge in [0.15, 0.2) is 5.82 Å². The van der Waals surface area contributed by atoms with Crippen molar-refractivity contribution >= 4 is 17.7 Å². The van der Waals surface area contributed by atoms with Gasteiger partial charge in [0.1, 0.15) is 11.4 Å². The van der Waals surface area contributed by atoms with E-state index in [4.69, 9.17) is 9.72 Å². The van der Waals surface area contributed by atoms with E-state index in [1.807, 2.05) is 55.9 Å². The maximum Gasteiger partial charge on any atom is 0.307 e. The van der Waals surface area contributed by atoms with Crippen LogP contribution in [0.5, 0.6) is 0 Å². The van der Waals surface area contributed by atoms with Crippen LogP contribution in [0.15, 0.2) is 30.6 Å². The number of ether oxygens (including phenoxy) is 1. The summed E-state index contributed by atoms with van der Waals surface area (Å²) in [5.41, 5.74) is 1.13. The van der Waals surface area contributed by atoms with Gasteiger partial charge in [-0.3, -0.25) is 14.6 Å². The van der Waals surface area contributed by atoms with Crippen molar-refractivity contribution in [3.05, 3.63) is 36.3 Å². The molecular weight excluding hydrogens is 394 g/mol. The second-order valence-electron chi connectivity index (χ2n) is 9.04. The Morgan fingerprint density at radius 2 is 1.97 bits per heavy atom. The summed E-state index contributed by atoms with van der Waals surface area (Å²) in [4.78, 5) is 42.3. The Hall–Kier alpha value is -3.03. The lowest BCUT2D eigenvalue weighted by Gasteiger charge is -2.35. The van der Waals surface area contributed by atoms with Crippen molar-refractivity contribution in [3.8, 4) is 11.4 Å². The molecule has 0 saturated carbocycles. The second kappa shape index (κ2) is 8.24. The molecule has 2 aromatic heterocycles. The molecule has 0 aromatic carbocycles. The van der Waals surface area contributed by atoms with Crippen LogP contribution in [-0.4, -0.2) is 64.5 Å². The summed E-state index contributed by atoms with van der Waals surface area (Å²) < 4.78 is 5.34. The van der Waals surface area contributed by atoms with Crippen LogP contribution in [0.1, 0.15) is 44.7 Å². The molecule has 1 amide bonds. The maximum absolute atomic E-state index is 13.0. The quantitative estimate of drug-likeness (QED) is 0.699. The van der Waals surface area contributed by atoms with E-state index in [1.54, 1.807) is 12.4 Å². The highest BCUT2D eigenvalue weighted by Crippen LogP contribution is 2.36. The van der Waals surface area contributed by atoms with Gasteiger partial charge in [-0.2, -0.15) is 0 Å². The average molecular weight is 424 g/mol. The number of esters is 1. The third kappa shape index (κ3) is 4.38. The van der Waals surface area contributed by atoms with Crippen LogP contribution >= 0.6 is 0 Å². The van der Waals surface area contributed by atoms with E-state index in [9.17, 15) is 9.59 Å². The number of piperidine rings is 1. The summed E-state index contributed by atoms with van der Waals surface area (Å²) >= 11 is 0. The van der Waals surface area contributed by atoms with Gasteiger partial charge in [-0.05, 0) is 38.8 Å². The van der Waals surface area contributed by atoms with Crippen molar-refractivity contribution in [2.24, 2.45) is 5.92 Å². The number of carbonyl (C=O) groups excluding carboxylic acids is 2. The fourth-order valence-corrected chi connectivity index (χ4v) is 4.33. The Kier molecular flexibility index (Phi) is 5.64. The normalized spacial score (nSPS) is 21.1. The van der Waals surface area contributed by atoms with Crippen LogP contribution in [0.4, 0.5) is 5.82 Å². The van der Waals surface area contributed by atoms with Gasteiger partial charge in [0.2, 0.25) is 5.91 Å². The van der Waals surface area contributed by atoms with Crippen molar-refractivity contribution < 1.29 is 14.3 Å². The van der Waals surface area contributed by atoms with Crippen molar-refractivity contribution in [2.75, 3.05) is 32.1 Å². The van der Waals surface area contributed by atoms with Crippen molar-refractivity contribution in [2.45, 2.75) is 44.6 Å². The first-order valence-electron chi connectivity index (χ1n) is 10.7. The molecule has 0 N–H and O–H groups in total. The zero-order valence-electron chi connectivity index (χ0n) is 18.5. The standard InChI is InChI=1S/C23H29N5O3/c1-23(2)17(12-20(29)31-23)22(30)28-10-7-15(8-11-28)18-13-19(27(3)4)26-21(25-18)16-6-5-9-24-14-16/h5-6,9,13-15,17H,7-8,10-12H2,1-4H3/t17-/m0/s1. The third-order valence-electron chi connectivity index (χ3n) is 6.22. The summed E-state index contributed by atoms with van der Waals surface area (Å²) in [6.45, 7) is 4.93. The van der Waals surface area contributed by atoms with Crippen LogP contribution in [0.25, 0.3) is 11.4 Å². The lowest BCUT2D eigenvalue weighted by molar-refractivity contribution is -0.149. The maximum atomic E-state index is 13.0. The van der Waals surface area contributed by atoms with Gasteiger partial charge in [-0.15, -0.1) is 0 Å². The lowest BCUT2D eigenvalue weighted by Crippen LogP contribution is -2.46. The number of anilines is 1. The summed E-state index contributed by atoms with van der Waals surface area (Å²) in [6, 6.07) is 5.87. The number of aromatic nitrogens is 3. The van der Waals surface area contributed by atoms with Crippen LogP contribution < -0.4 is 4.90 Å². The Morgan fingerprint density at radius 3 is 2.55 bits per heavy atom. The smallest absolute Gasteiger partial charge is 0.307 e. The molecule has 2 aromatic rings. The van der Waals surface area contributed by atoms with E-state index in [1.165, 1.54) is 0 Å². The fourth-order valence-electron chi connectivity index (χ4n) is 4.33. The zero-order chi connectivity index (χ0) is 22.2. The molecule has 2 aliphatic rings. The largest absolute Gasteiger partial charge is 0.459 e. The number of carbonyl (C=O) groups is 2. The predicted molar refractivity (Wildman–Crippen MR) is 116 cm³/mol. The first-order chi connectivity index (χ1) is 14.7. The fraction of sp³-hybridized carbons (Fsp3) is 0.522. The Balaban J connectivity index is 1.50. The molecule has 164 valence electrons. The van der Waals surface area contributed by atoms with Crippen molar-refractivity contribution in [1.29, 1.82) is 0 Å². The molecule has 8 heteroatoms. The average Bonchev–Trinajstić information content (AvgIpc) is 3.05. The molecule has 2 aliphatic heterocycles. The summed E-state index contributed by atoms with van der Waals surface area (Å²) in [7, 11) is 3.93. The Morgan fingerprint density at radius 1 is 1.23 bits per heavy atom. The highest BCUT2D eigenvalue weighted by Gasteiger charge is 2.47. The predicted octanol–water partition coefficient (Wildman–Crippen LogP) is 2.65. The summed E-state index contributed by atoms with van der Waals surface area (Å²) in [5, 5.41) is 0. The second-order valence-corrected chi connectivity index (χ2v) is 9.04. The van der Waals surface area contributed by atoms with Crippen LogP contribution in [0.3, 0.4) is 0 Å².